The van der Waals surface area contributed by atoms with Gasteiger partial charge < -0.3 is 14.2 Å². The van der Waals surface area contributed by atoms with Crippen molar-refractivity contribution in [2.45, 2.75) is 271 Å². The Morgan fingerprint density at radius 2 is 0.534 bits per heavy atom. The van der Waals surface area contributed by atoms with Crippen molar-refractivity contribution in [3.05, 3.63) is 122 Å². The lowest BCUT2D eigenvalue weighted by Crippen LogP contribution is -2.30. The molecule has 6 nitrogen and oxygen atoms in total. The maximum absolute atomic E-state index is 12.9. The van der Waals surface area contributed by atoms with Crippen LogP contribution in [0.15, 0.2) is 122 Å². The lowest BCUT2D eigenvalue weighted by Gasteiger charge is -2.18. The van der Waals surface area contributed by atoms with Crippen LogP contribution < -0.4 is 0 Å². The van der Waals surface area contributed by atoms with Gasteiger partial charge in [0, 0.05) is 19.3 Å². The van der Waals surface area contributed by atoms with Crippen molar-refractivity contribution in [1.82, 2.24) is 0 Å². The number of carbonyl (C=O) groups excluding carboxylic acids is 3. The SMILES string of the molecule is CC/C=C\C/C=C\C/C=C\C/C=C\C/C=C\C/C=C\CCCCC(=O)OC(COC(=O)CCCCCCCCCCCCC)COC(=O)CCCCCCCCCCCC/C=C\C/C=C\C/C=C\C/C=C\CC. The molecule has 73 heavy (non-hydrogen) atoms. The Labute approximate surface area is 450 Å². The standard InChI is InChI=1S/C67H110O6/c1-4-7-10-13-16-19-22-24-26-28-30-32-33-35-36-38-40-42-45-48-51-54-57-60-66(69)72-63-64(62-71-65(68)59-56-53-50-47-44-21-18-15-12-9-6-3)73-67(70)61-58-55-52-49-46-43-41-39-37-34-31-29-27-25-23-20-17-14-11-8-5-2/h7-8,10-11,16-17,19-20,24-27,30-32,34,39,41,46,49,64H,4-6,9,12-15,18,21-23,28-29,33,35-38,40,42-45,47-48,50-63H2,1-3H3/b10-7-,11-8-,19-16-,20-17-,26-24-,27-25-,32-30-,34-31-,41-39-,49-46-. The number of esters is 3. The van der Waals surface area contributed by atoms with Crippen molar-refractivity contribution < 1.29 is 28.6 Å². The molecule has 6 heteroatoms. The summed E-state index contributed by atoms with van der Waals surface area (Å²) in [6, 6.07) is 0. The summed E-state index contributed by atoms with van der Waals surface area (Å²) >= 11 is 0. The number of hydrogen-bond acceptors (Lipinski definition) is 6. The van der Waals surface area contributed by atoms with Crippen LogP contribution in [0.1, 0.15) is 265 Å². The fraction of sp³-hybridized carbons (Fsp3) is 0.657. The average molecular weight is 1010 g/mol. The topological polar surface area (TPSA) is 78.9 Å². The molecule has 0 spiro atoms. The van der Waals surface area contributed by atoms with Gasteiger partial charge in [-0.15, -0.1) is 0 Å². The zero-order valence-electron chi connectivity index (χ0n) is 47.4. The van der Waals surface area contributed by atoms with E-state index < -0.39 is 6.10 Å². The summed E-state index contributed by atoms with van der Waals surface area (Å²) < 4.78 is 16.8. The molecule has 0 radical (unpaired) electrons. The predicted molar refractivity (Wildman–Crippen MR) is 316 cm³/mol. The number of unbranched alkanes of at least 4 members (excludes halogenated alkanes) is 22. The molecule has 0 saturated carbocycles. The van der Waals surface area contributed by atoms with Crippen LogP contribution in [0.3, 0.4) is 0 Å². The zero-order chi connectivity index (χ0) is 52.9. The second-order valence-electron chi connectivity index (χ2n) is 19.5. The molecule has 0 heterocycles. The van der Waals surface area contributed by atoms with Crippen molar-refractivity contribution in [3.63, 3.8) is 0 Å². The Hall–Kier alpha value is -4.19. The fourth-order valence-corrected chi connectivity index (χ4v) is 8.03. The molecule has 414 valence electrons. The molecule has 0 aliphatic rings. The van der Waals surface area contributed by atoms with Gasteiger partial charge in [0.05, 0.1) is 0 Å². The molecule has 0 bridgehead atoms. The maximum Gasteiger partial charge on any atom is 0.306 e. The Bertz CT molecular complexity index is 1540. The summed E-state index contributed by atoms with van der Waals surface area (Å²) in [5, 5.41) is 0. The highest BCUT2D eigenvalue weighted by molar-refractivity contribution is 5.71. The molecule has 1 atom stereocenters. The van der Waals surface area contributed by atoms with E-state index in [4.69, 9.17) is 14.2 Å². The first kappa shape index (κ1) is 68.8. The van der Waals surface area contributed by atoms with Gasteiger partial charge in [-0.2, -0.15) is 0 Å². The first-order valence-corrected chi connectivity index (χ1v) is 30.0. The number of carbonyl (C=O) groups is 3. The molecule has 0 rings (SSSR count). The van der Waals surface area contributed by atoms with Gasteiger partial charge in [0.2, 0.25) is 0 Å². The molecule has 0 amide bonds. The van der Waals surface area contributed by atoms with E-state index in [1.807, 2.05) is 0 Å². The van der Waals surface area contributed by atoms with E-state index in [2.05, 4.69) is 142 Å². The van der Waals surface area contributed by atoms with Crippen LogP contribution in [-0.4, -0.2) is 37.2 Å². The van der Waals surface area contributed by atoms with Crippen LogP contribution in [0.2, 0.25) is 0 Å². The molecule has 0 aromatic rings. The Morgan fingerprint density at radius 1 is 0.288 bits per heavy atom. The normalized spacial score (nSPS) is 13.0. The summed E-state index contributed by atoms with van der Waals surface area (Å²) in [6.07, 6.45) is 83.4. The lowest BCUT2D eigenvalue weighted by molar-refractivity contribution is -0.167. The molecular weight excluding hydrogens is 901 g/mol. The smallest absolute Gasteiger partial charge is 0.306 e. The third-order valence-corrected chi connectivity index (χ3v) is 12.5. The highest BCUT2D eigenvalue weighted by atomic mass is 16.6. The minimum atomic E-state index is -0.805. The van der Waals surface area contributed by atoms with Gasteiger partial charge in [0.1, 0.15) is 13.2 Å². The molecule has 0 N–H and O–H groups in total. The van der Waals surface area contributed by atoms with Gasteiger partial charge in [-0.1, -0.05) is 258 Å². The summed E-state index contributed by atoms with van der Waals surface area (Å²) in [4.78, 5) is 38.2. The minimum absolute atomic E-state index is 0.0975. The summed E-state index contributed by atoms with van der Waals surface area (Å²) in [7, 11) is 0. The van der Waals surface area contributed by atoms with E-state index in [9.17, 15) is 14.4 Å². The number of allylic oxidation sites excluding steroid dienone is 20. The number of rotatable bonds is 53. The summed E-state index contributed by atoms with van der Waals surface area (Å²) in [5.74, 6) is -0.945. The van der Waals surface area contributed by atoms with Gasteiger partial charge in [-0.3, -0.25) is 14.4 Å². The monoisotopic (exact) mass is 1010 g/mol. The van der Waals surface area contributed by atoms with Crippen LogP contribution in [0.4, 0.5) is 0 Å². The van der Waals surface area contributed by atoms with Gasteiger partial charge in [-0.25, -0.2) is 0 Å². The van der Waals surface area contributed by atoms with Crippen molar-refractivity contribution in [3.8, 4) is 0 Å². The van der Waals surface area contributed by atoms with Crippen LogP contribution >= 0.6 is 0 Å². The van der Waals surface area contributed by atoms with Gasteiger partial charge >= 0.3 is 17.9 Å². The summed E-state index contributed by atoms with van der Waals surface area (Å²) in [6.45, 7) is 6.37. The van der Waals surface area contributed by atoms with E-state index >= 15 is 0 Å². The first-order valence-electron chi connectivity index (χ1n) is 30.0. The Balaban J connectivity index is 4.40. The second kappa shape index (κ2) is 60.4. The van der Waals surface area contributed by atoms with Crippen molar-refractivity contribution in [1.29, 1.82) is 0 Å². The maximum atomic E-state index is 12.9. The fourth-order valence-electron chi connectivity index (χ4n) is 8.03. The molecule has 1 unspecified atom stereocenters. The van der Waals surface area contributed by atoms with Gasteiger partial charge in [0.25, 0.3) is 0 Å². The van der Waals surface area contributed by atoms with Crippen molar-refractivity contribution in [2.24, 2.45) is 0 Å². The highest BCUT2D eigenvalue weighted by Crippen LogP contribution is 2.15. The predicted octanol–water partition coefficient (Wildman–Crippen LogP) is 20.4. The first-order chi connectivity index (χ1) is 36.0. The van der Waals surface area contributed by atoms with Crippen LogP contribution in [-0.2, 0) is 28.6 Å². The third kappa shape index (κ3) is 58.6. The van der Waals surface area contributed by atoms with Crippen LogP contribution in [0, 0.1) is 0 Å². The average Bonchev–Trinajstić information content (AvgIpc) is 3.39. The Morgan fingerprint density at radius 3 is 0.863 bits per heavy atom. The van der Waals surface area contributed by atoms with Crippen LogP contribution in [0.25, 0.3) is 0 Å². The Kier molecular flexibility index (Phi) is 56.9. The van der Waals surface area contributed by atoms with E-state index in [1.54, 1.807) is 0 Å². The van der Waals surface area contributed by atoms with Gasteiger partial charge in [-0.05, 0) is 109 Å². The van der Waals surface area contributed by atoms with E-state index in [-0.39, 0.29) is 37.5 Å². The molecule has 0 aliphatic heterocycles. The van der Waals surface area contributed by atoms with E-state index in [0.717, 1.165) is 116 Å². The third-order valence-electron chi connectivity index (χ3n) is 12.5. The summed E-state index contributed by atoms with van der Waals surface area (Å²) in [5.41, 5.74) is 0. The lowest BCUT2D eigenvalue weighted by atomic mass is 10.1. The molecule has 0 aliphatic carbocycles. The number of hydrogen-bond donors (Lipinski definition) is 0. The van der Waals surface area contributed by atoms with E-state index in [1.165, 1.54) is 103 Å². The van der Waals surface area contributed by atoms with E-state index in [0.29, 0.717) is 19.3 Å². The second-order valence-corrected chi connectivity index (χ2v) is 19.5. The van der Waals surface area contributed by atoms with Crippen molar-refractivity contribution in [2.75, 3.05) is 13.2 Å². The molecular formula is C67H110O6. The molecule has 0 saturated heterocycles. The quantitative estimate of drug-likeness (QED) is 0.0261. The largest absolute Gasteiger partial charge is 0.462 e. The van der Waals surface area contributed by atoms with Crippen LogP contribution in [0.5, 0.6) is 0 Å². The molecule has 0 aromatic carbocycles. The van der Waals surface area contributed by atoms with Crippen molar-refractivity contribution >= 4 is 17.9 Å². The molecule has 0 fully saturated rings. The zero-order valence-corrected chi connectivity index (χ0v) is 47.4. The molecule has 0 aromatic heterocycles. The highest BCUT2D eigenvalue weighted by Gasteiger charge is 2.19. The minimum Gasteiger partial charge on any atom is -0.462 e. The van der Waals surface area contributed by atoms with Gasteiger partial charge in [0.15, 0.2) is 6.10 Å². The number of ether oxygens (including phenoxy) is 3.